The summed E-state index contributed by atoms with van der Waals surface area (Å²) >= 11 is 0. The van der Waals surface area contributed by atoms with Crippen LogP contribution in [0.4, 0.5) is 4.79 Å². The van der Waals surface area contributed by atoms with Gasteiger partial charge in [-0.3, -0.25) is 19.8 Å². The summed E-state index contributed by atoms with van der Waals surface area (Å²) in [5.41, 5.74) is 2.91. The summed E-state index contributed by atoms with van der Waals surface area (Å²) in [7, 11) is 1.50. The van der Waals surface area contributed by atoms with Crippen molar-refractivity contribution in [2.45, 2.75) is 51.0 Å². The van der Waals surface area contributed by atoms with Crippen molar-refractivity contribution in [3.63, 3.8) is 0 Å². The molecule has 1 aliphatic carbocycles. The fourth-order valence-electron chi connectivity index (χ4n) is 3.77. The quantitative estimate of drug-likeness (QED) is 0.548. The van der Waals surface area contributed by atoms with Crippen molar-refractivity contribution in [2.24, 2.45) is 0 Å². The zero-order chi connectivity index (χ0) is 21.0. The van der Waals surface area contributed by atoms with E-state index < -0.39 is 36.0 Å². The second kappa shape index (κ2) is 8.50. The number of hydrogen-bond acceptors (Lipinski definition) is 6. The molecule has 1 heterocycles. The van der Waals surface area contributed by atoms with Crippen LogP contribution in [0.25, 0.3) is 0 Å². The zero-order valence-corrected chi connectivity index (χ0v) is 16.6. The standard InChI is InChI=1S/C20H25N3O6/c1-13-6-7-15(28-2)14(10-13)11-17(25)29-12-16(24)22-23-18(26)20(21-19(23)27)8-4-3-5-9-20/h6-7,10H,3-5,8-9,11-12H2,1-2H3,(H,21,27)(H,22,24). The van der Waals surface area contributed by atoms with Gasteiger partial charge in [-0.05, 0) is 25.8 Å². The smallest absolute Gasteiger partial charge is 0.344 e. The molecule has 4 amide bonds. The average molecular weight is 403 g/mol. The number of imide groups is 1. The Morgan fingerprint density at radius 2 is 1.93 bits per heavy atom. The molecule has 29 heavy (non-hydrogen) atoms. The van der Waals surface area contributed by atoms with Gasteiger partial charge in [-0.1, -0.05) is 37.0 Å². The van der Waals surface area contributed by atoms with Crippen LogP contribution in [0, 0.1) is 6.92 Å². The Labute approximate surface area is 168 Å². The van der Waals surface area contributed by atoms with E-state index in [0.29, 0.717) is 29.2 Å². The minimum absolute atomic E-state index is 0.0651. The molecule has 156 valence electrons. The number of methoxy groups -OCH3 is 1. The Kier molecular flexibility index (Phi) is 6.05. The van der Waals surface area contributed by atoms with Crippen LogP contribution < -0.4 is 15.5 Å². The number of carbonyl (C=O) groups is 4. The normalized spacial score (nSPS) is 17.8. The molecule has 1 aromatic carbocycles. The Balaban J connectivity index is 1.52. The molecule has 3 rings (SSSR count). The molecule has 0 atom stereocenters. The molecule has 0 bridgehead atoms. The summed E-state index contributed by atoms with van der Waals surface area (Å²) in [6.07, 6.45) is 3.74. The lowest BCUT2D eigenvalue weighted by atomic mass is 9.82. The molecule has 1 saturated heterocycles. The molecule has 0 aromatic heterocycles. The van der Waals surface area contributed by atoms with E-state index in [0.717, 1.165) is 24.8 Å². The number of urea groups is 1. The van der Waals surface area contributed by atoms with Crippen LogP contribution in [0.5, 0.6) is 5.75 Å². The lowest BCUT2D eigenvalue weighted by Gasteiger charge is -2.30. The third kappa shape index (κ3) is 4.49. The first kappa shape index (κ1) is 20.6. The van der Waals surface area contributed by atoms with E-state index >= 15 is 0 Å². The third-order valence-electron chi connectivity index (χ3n) is 5.24. The molecule has 0 radical (unpaired) electrons. The molecule has 9 nitrogen and oxygen atoms in total. The third-order valence-corrected chi connectivity index (χ3v) is 5.24. The molecule has 9 heteroatoms. The molecule has 2 N–H and O–H groups in total. The maximum absolute atomic E-state index is 12.6. The van der Waals surface area contributed by atoms with Crippen molar-refractivity contribution >= 4 is 23.8 Å². The van der Waals surface area contributed by atoms with E-state index in [-0.39, 0.29) is 6.42 Å². The van der Waals surface area contributed by atoms with Gasteiger partial charge in [0, 0.05) is 5.56 Å². The number of ether oxygens (including phenoxy) is 2. The van der Waals surface area contributed by atoms with Crippen LogP contribution in [0.2, 0.25) is 0 Å². The van der Waals surface area contributed by atoms with Gasteiger partial charge in [-0.2, -0.15) is 5.01 Å². The highest BCUT2D eigenvalue weighted by molar-refractivity contribution is 6.08. The van der Waals surface area contributed by atoms with Crippen molar-refractivity contribution in [1.82, 2.24) is 15.8 Å². The van der Waals surface area contributed by atoms with Gasteiger partial charge in [0.15, 0.2) is 6.61 Å². The largest absolute Gasteiger partial charge is 0.496 e. The second-order valence-corrected chi connectivity index (χ2v) is 7.40. The molecule has 2 aliphatic rings. The van der Waals surface area contributed by atoms with Crippen LogP contribution in [0.1, 0.15) is 43.2 Å². The van der Waals surface area contributed by atoms with Crippen LogP contribution >= 0.6 is 0 Å². The number of rotatable bonds is 6. The highest BCUT2D eigenvalue weighted by Gasteiger charge is 2.52. The Morgan fingerprint density at radius 3 is 2.62 bits per heavy atom. The minimum Gasteiger partial charge on any atom is -0.496 e. The topological polar surface area (TPSA) is 114 Å². The van der Waals surface area contributed by atoms with Gasteiger partial charge in [0.2, 0.25) is 0 Å². The average Bonchev–Trinajstić information content (AvgIpc) is 2.91. The first-order valence-electron chi connectivity index (χ1n) is 9.60. The number of hydrazine groups is 1. The predicted octanol–water partition coefficient (Wildman–Crippen LogP) is 1.38. The van der Waals surface area contributed by atoms with E-state index in [2.05, 4.69) is 10.7 Å². The van der Waals surface area contributed by atoms with Gasteiger partial charge in [-0.25, -0.2) is 4.79 Å². The number of nitrogens with one attached hydrogen (secondary N) is 2. The van der Waals surface area contributed by atoms with E-state index in [1.54, 1.807) is 12.1 Å². The Morgan fingerprint density at radius 1 is 1.21 bits per heavy atom. The van der Waals surface area contributed by atoms with Crippen molar-refractivity contribution < 1.29 is 28.7 Å². The number of amides is 4. The van der Waals surface area contributed by atoms with Crippen molar-refractivity contribution in [3.05, 3.63) is 29.3 Å². The molecule has 1 aromatic rings. The first-order valence-corrected chi connectivity index (χ1v) is 9.60. The number of benzene rings is 1. The number of nitrogens with zero attached hydrogens (tertiary/aromatic N) is 1. The summed E-state index contributed by atoms with van der Waals surface area (Å²) in [6.45, 7) is 1.29. The molecule has 1 saturated carbocycles. The van der Waals surface area contributed by atoms with Crippen molar-refractivity contribution in [3.8, 4) is 5.75 Å². The maximum Gasteiger partial charge on any atom is 0.344 e. The van der Waals surface area contributed by atoms with E-state index in [1.165, 1.54) is 7.11 Å². The van der Waals surface area contributed by atoms with Gasteiger partial charge in [0.05, 0.1) is 13.5 Å². The van der Waals surface area contributed by atoms with Crippen LogP contribution in [-0.4, -0.2) is 48.1 Å². The SMILES string of the molecule is COc1ccc(C)cc1CC(=O)OCC(=O)NN1C(=O)NC2(CCCCC2)C1=O. The number of carbonyl (C=O) groups excluding carboxylic acids is 4. The van der Waals surface area contributed by atoms with Crippen molar-refractivity contribution in [2.75, 3.05) is 13.7 Å². The molecule has 2 fully saturated rings. The minimum atomic E-state index is -0.930. The fraction of sp³-hybridized carbons (Fsp3) is 0.500. The number of esters is 1. The molecule has 0 unspecified atom stereocenters. The van der Waals surface area contributed by atoms with Crippen LogP contribution in [-0.2, 0) is 25.5 Å². The summed E-state index contributed by atoms with van der Waals surface area (Å²) in [5.74, 6) is -1.29. The number of aryl methyl sites for hydroxylation is 1. The highest BCUT2D eigenvalue weighted by Crippen LogP contribution is 2.32. The van der Waals surface area contributed by atoms with Crippen molar-refractivity contribution in [1.29, 1.82) is 0 Å². The number of hydrogen-bond donors (Lipinski definition) is 2. The summed E-state index contributed by atoms with van der Waals surface area (Å²) < 4.78 is 10.2. The summed E-state index contributed by atoms with van der Waals surface area (Å²) in [4.78, 5) is 48.9. The predicted molar refractivity (Wildman–Crippen MR) is 102 cm³/mol. The van der Waals surface area contributed by atoms with Gasteiger partial charge in [-0.15, -0.1) is 0 Å². The Hall–Kier alpha value is -3.10. The Bertz CT molecular complexity index is 832. The summed E-state index contributed by atoms with van der Waals surface area (Å²) in [5, 5.41) is 3.38. The second-order valence-electron chi connectivity index (χ2n) is 7.40. The molecule has 1 aliphatic heterocycles. The van der Waals surface area contributed by atoms with Crippen LogP contribution in [0.3, 0.4) is 0 Å². The molecule has 1 spiro atoms. The molecular weight excluding hydrogens is 378 g/mol. The lowest BCUT2D eigenvalue weighted by Crippen LogP contribution is -2.51. The zero-order valence-electron chi connectivity index (χ0n) is 16.6. The van der Waals surface area contributed by atoms with Gasteiger partial charge in [0.25, 0.3) is 11.8 Å². The monoisotopic (exact) mass is 403 g/mol. The summed E-state index contributed by atoms with van der Waals surface area (Å²) in [6, 6.07) is 4.75. The van der Waals surface area contributed by atoms with E-state index in [1.807, 2.05) is 13.0 Å². The molecular formula is C20H25N3O6. The van der Waals surface area contributed by atoms with E-state index in [4.69, 9.17) is 9.47 Å². The van der Waals surface area contributed by atoms with Gasteiger partial charge >= 0.3 is 12.0 Å². The van der Waals surface area contributed by atoms with E-state index in [9.17, 15) is 19.2 Å². The van der Waals surface area contributed by atoms with Gasteiger partial charge < -0.3 is 14.8 Å². The fourth-order valence-corrected chi connectivity index (χ4v) is 3.77. The first-order chi connectivity index (χ1) is 13.8. The lowest BCUT2D eigenvalue weighted by molar-refractivity contribution is -0.150. The highest BCUT2D eigenvalue weighted by atomic mass is 16.5. The van der Waals surface area contributed by atoms with Crippen LogP contribution in [0.15, 0.2) is 18.2 Å². The maximum atomic E-state index is 12.6. The van der Waals surface area contributed by atoms with Gasteiger partial charge in [0.1, 0.15) is 11.3 Å².